The second-order valence-electron chi connectivity index (χ2n) is 4.95. The number of benzene rings is 1. The maximum absolute atomic E-state index is 5.68. The first-order valence-corrected chi connectivity index (χ1v) is 6.62. The molecule has 0 saturated carbocycles. The highest BCUT2D eigenvalue weighted by Gasteiger charge is 2.18. The Morgan fingerprint density at radius 2 is 2.00 bits per heavy atom. The SMILES string of the molecule is Cc1cc(CN)nc(N2CCc3ccccc3C2)n1. The minimum absolute atomic E-state index is 0.459. The molecule has 98 valence electrons. The zero-order chi connectivity index (χ0) is 13.2. The van der Waals surface area contributed by atoms with E-state index in [1.165, 1.54) is 11.1 Å². The Bertz CT molecular complexity index is 594. The van der Waals surface area contributed by atoms with Crippen LogP contribution in [0.4, 0.5) is 5.95 Å². The van der Waals surface area contributed by atoms with Gasteiger partial charge in [0.15, 0.2) is 0 Å². The monoisotopic (exact) mass is 254 g/mol. The maximum atomic E-state index is 5.68. The van der Waals surface area contributed by atoms with E-state index in [0.29, 0.717) is 6.54 Å². The van der Waals surface area contributed by atoms with Crippen LogP contribution in [-0.4, -0.2) is 16.5 Å². The minimum Gasteiger partial charge on any atom is -0.336 e. The number of hydrogen-bond acceptors (Lipinski definition) is 4. The normalized spacial score (nSPS) is 14.3. The Kier molecular flexibility index (Phi) is 3.17. The Morgan fingerprint density at radius 3 is 2.79 bits per heavy atom. The highest BCUT2D eigenvalue weighted by molar-refractivity contribution is 5.40. The summed E-state index contributed by atoms with van der Waals surface area (Å²) in [4.78, 5) is 11.3. The molecule has 0 spiro atoms. The molecule has 0 radical (unpaired) electrons. The summed E-state index contributed by atoms with van der Waals surface area (Å²) in [6.07, 6.45) is 1.05. The summed E-state index contributed by atoms with van der Waals surface area (Å²) in [7, 11) is 0. The lowest BCUT2D eigenvalue weighted by Crippen LogP contribution is -2.32. The molecule has 0 saturated heterocycles. The molecule has 4 heteroatoms. The fourth-order valence-electron chi connectivity index (χ4n) is 2.53. The molecule has 1 aliphatic rings. The lowest BCUT2D eigenvalue weighted by Gasteiger charge is -2.29. The van der Waals surface area contributed by atoms with Gasteiger partial charge in [0.1, 0.15) is 0 Å². The molecular weight excluding hydrogens is 236 g/mol. The van der Waals surface area contributed by atoms with Gasteiger partial charge in [-0.2, -0.15) is 0 Å². The number of nitrogens with zero attached hydrogens (tertiary/aromatic N) is 3. The molecule has 0 aliphatic carbocycles. The van der Waals surface area contributed by atoms with E-state index >= 15 is 0 Å². The molecule has 3 rings (SSSR count). The molecule has 2 aromatic rings. The van der Waals surface area contributed by atoms with Gasteiger partial charge in [-0.1, -0.05) is 24.3 Å². The zero-order valence-corrected chi connectivity index (χ0v) is 11.1. The number of aromatic nitrogens is 2. The molecule has 2 N–H and O–H groups in total. The van der Waals surface area contributed by atoms with Crippen molar-refractivity contribution in [2.45, 2.75) is 26.4 Å². The van der Waals surface area contributed by atoms with Gasteiger partial charge in [-0.15, -0.1) is 0 Å². The van der Waals surface area contributed by atoms with Crippen molar-refractivity contribution in [3.05, 3.63) is 52.8 Å². The van der Waals surface area contributed by atoms with Gasteiger partial charge in [-0.25, -0.2) is 9.97 Å². The van der Waals surface area contributed by atoms with Crippen molar-refractivity contribution in [1.29, 1.82) is 0 Å². The number of hydrogen-bond donors (Lipinski definition) is 1. The van der Waals surface area contributed by atoms with Crippen LogP contribution in [-0.2, 0) is 19.5 Å². The summed E-state index contributed by atoms with van der Waals surface area (Å²) >= 11 is 0. The number of fused-ring (bicyclic) bond motifs is 1. The first-order valence-electron chi connectivity index (χ1n) is 6.62. The summed E-state index contributed by atoms with van der Waals surface area (Å²) in [5, 5.41) is 0. The van der Waals surface area contributed by atoms with E-state index in [9.17, 15) is 0 Å². The van der Waals surface area contributed by atoms with Crippen LogP contribution >= 0.6 is 0 Å². The average Bonchev–Trinajstić information content (AvgIpc) is 2.46. The number of aryl methyl sites for hydroxylation is 1. The van der Waals surface area contributed by atoms with Crippen molar-refractivity contribution < 1.29 is 0 Å². The quantitative estimate of drug-likeness (QED) is 0.888. The Hall–Kier alpha value is -1.94. The Labute approximate surface area is 113 Å². The predicted octanol–water partition coefficient (Wildman–Crippen LogP) is 1.81. The van der Waals surface area contributed by atoms with Crippen molar-refractivity contribution in [3.63, 3.8) is 0 Å². The summed E-state index contributed by atoms with van der Waals surface area (Å²) in [5.74, 6) is 0.801. The first-order chi connectivity index (χ1) is 9.26. The van der Waals surface area contributed by atoms with Gasteiger partial charge < -0.3 is 10.6 Å². The van der Waals surface area contributed by atoms with Gasteiger partial charge in [0, 0.05) is 25.3 Å². The van der Waals surface area contributed by atoms with Crippen molar-refractivity contribution in [2.24, 2.45) is 5.73 Å². The summed E-state index contributed by atoms with van der Waals surface area (Å²) < 4.78 is 0. The Balaban J connectivity index is 1.90. The molecule has 0 amide bonds. The fourth-order valence-corrected chi connectivity index (χ4v) is 2.53. The summed E-state index contributed by atoms with van der Waals surface area (Å²) in [5.41, 5.74) is 10.4. The van der Waals surface area contributed by atoms with Crippen molar-refractivity contribution in [1.82, 2.24) is 9.97 Å². The molecule has 0 fully saturated rings. The summed E-state index contributed by atoms with van der Waals surface area (Å²) in [6.45, 7) is 4.29. The third-order valence-corrected chi connectivity index (χ3v) is 3.52. The highest BCUT2D eigenvalue weighted by Crippen LogP contribution is 2.22. The van der Waals surface area contributed by atoms with E-state index in [4.69, 9.17) is 5.73 Å². The van der Waals surface area contributed by atoms with Crippen molar-refractivity contribution in [2.75, 3.05) is 11.4 Å². The molecule has 0 atom stereocenters. The van der Waals surface area contributed by atoms with Crippen molar-refractivity contribution in [3.8, 4) is 0 Å². The second-order valence-corrected chi connectivity index (χ2v) is 4.95. The highest BCUT2D eigenvalue weighted by atomic mass is 15.3. The molecule has 1 aromatic heterocycles. The largest absolute Gasteiger partial charge is 0.336 e. The van der Waals surface area contributed by atoms with E-state index in [1.807, 2.05) is 13.0 Å². The molecule has 4 nitrogen and oxygen atoms in total. The lowest BCUT2D eigenvalue weighted by atomic mass is 10.0. The van der Waals surface area contributed by atoms with Crippen LogP contribution < -0.4 is 10.6 Å². The van der Waals surface area contributed by atoms with Gasteiger partial charge in [0.2, 0.25) is 5.95 Å². The number of anilines is 1. The van der Waals surface area contributed by atoms with Crippen LogP contribution in [0.1, 0.15) is 22.5 Å². The molecule has 0 unspecified atom stereocenters. The third kappa shape index (κ3) is 2.44. The standard InChI is InChI=1S/C15H18N4/c1-11-8-14(9-16)18-15(17-11)19-7-6-12-4-2-3-5-13(12)10-19/h2-5,8H,6-7,9-10,16H2,1H3. The van der Waals surface area contributed by atoms with Gasteiger partial charge in [-0.05, 0) is 30.5 Å². The molecule has 19 heavy (non-hydrogen) atoms. The van der Waals surface area contributed by atoms with Crippen LogP contribution in [0.3, 0.4) is 0 Å². The molecular formula is C15H18N4. The smallest absolute Gasteiger partial charge is 0.226 e. The van der Waals surface area contributed by atoms with Crippen LogP contribution in [0.15, 0.2) is 30.3 Å². The number of nitrogens with two attached hydrogens (primary N) is 1. The van der Waals surface area contributed by atoms with E-state index < -0.39 is 0 Å². The molecule has 1 aromatic carbocycles. The van der Waals surface area contributed by atoms with Crippen LogP contribution in [0, 0.1) is 6.92 Å². The van der Waals surface area contributed by atoms with Crippen LogP contribution in [0.2, 0.25) is 0 Å². The fraction of sp³-hybridized carbons (Fsp3) is 0.333. The van der Waals surface area contributed by atoms with Gasteiger partial charge in [-0.3, -0.25) is 0 Å². The van der Waals surface area contributed by atoms with E-state index in [0.717, 1.165) is 36.8 Å². The van der Waals surface area contributed by atoms with E-state index in [1.54, 1.807) is 0 Å². The topological polar surface area (TPSA) is 55.0 Å². The minimum atomic E-state index is 0.459. The van der Waals surface area contributed by atoms with Gasteiger partial charge in [0.05, 0.1) is 5.69 Å². The van der Waals surface area contributed by atoms with E-state index in [-0.39, 0.29) is 0 Å². The summed E-state index contributed by atoms with van der Waals surface area (Å²) in [6, 6.07) is 10.5. The average molecular weight is 254 g/mol. The van der Waals surface area contributed by atoms with Crippen LogP contribution in [0.5, 0.6) is 0 Å². The predicted molar refractivity (Wildman–Crippen MR) is 75.9 cm³/mol. The molecule has 2 heterocycles. The first kappa shape index (κ1) is 12.1. The lowest BCUT2D eigenvalue weighted by molar-refractivity contribution is 0.701. The number of rotatable bonds is 2. The zero-order valence-electron chi connectivity index (χ0n) is 11.1. The second kappa shape index (κ2) is 4.97. The van der Waals surface area contributed by atoms with Gasteiger partial charge in [0.25, 0.3) is 0 Å². The van der Waals surface area contributed by atoms with Crippen LogP contribution in [0.25, 0.3) is 0 Å². The van der Waals surface area contributed by atoms with Gasteiger partial charge >= 0.3 is 0 Å². The molecule has 1 aliphatic heterocycles. The van der Waals surface area contributed by atoms with Crippen molar-refractivity contribution >= 4 is 5.95 Å². The maximum Gasteiger partial charge on any atom is 0.226 e. The molecule has 0 bridgehead atoms. The van der Waals surface area contributed by atoms with E-state index in [2.05, 4.69) is 39.1 Å². The third-order valence-electron chi connectivity index (χ3n) is 3.52. The Morgan fingerprint density at radius 1 is 1.21 bits per heavy atom.